The molecular formula is C16H12ClN3O2. The van der Waals surface area contributed by atoms with Gasteiger partial charge in [-0.25, -0.2) is 9.67 Å². The van der Waals surface area contributed by atoms with Gasteiger partial charge in [0.1, 0.15) is 18.4 Å². The summed E-state index contributed by atoms with van der Waals surface area (Å²) in [5.41, 5.74) is 0.539. The Morgan fingerprint density at radius 2 is 1.82 bits per heavy atom. The quantitative estimate of drug-likeness (QED) is 0.677. The number of rotatable bonds is 5. The Balaban J connectivity index is 1.91. The molecular weight excluding hydrogens is 302 g/mol. The fourth-order valence-corrected chi connectivity index (χ4v) is 2.08. The van der Waals surface area contributed by atoms with E-state index in [-0.39, 0.29) is 5.78 Å². The van der Waals surface area contributed by atoms with Crippen LogP contribution < -0.4 is 4.74 Å². The predicted molar refractivity (Wildman–Crippen MR) is 81.9 cm³/mol. The van der Waals surface area contributed by atoms with E-state index in [4.69, 9.17) is 16.3 Å². The lowest BCUT2D eigenvalue weighted by atomic mass is 10.1. The van der Waals surface area contributed by atoms with E-state index in [2.05, 4.69) is 10.1 Å². The summed E-state index contributed by atoms with van der Waals surface area (Å²) in [6.07, 6.45) is 1.88. The van der Waals surface area contributed by atoms with E-state index in [1.807, 2.05) is 6.07 Å². The van der Waals surface area contributed by atoms with Gasteiger partial charge in [0.05, 0.1) is 0 Å². The number of Topliss-reactive ketones (excluding diaryl/α,β-unsaturated/α-hetero) is 1. The first kappa shape index (κ1) is 14.3. The molecule has 0 aliphatic rings. The van der Waals surface area contributed by atoms with Crippen molar-refractivity contribution in [2.24, 2.45) is 0 Å². The number of hydrogen-bond acceptors (Lipinski definition) is 4. The molecule has 1 heterocycles. The zero-order valence-corrected chi connectivity index (χ0v) is 12.2. The number of ketones is 1. The van der Waals surface area contributed by atoms with Gasteiger partial charge in [-0.05, 0) is 24.3 Å². The molecule has 0 saturated carbocycles. The Morgan fingerprint density at radius 1 is 1.09 bits per heavy atom. The van der Waals surface area contributed by atoms with Crippen molar-refractivity contribution in [2.75, 3.05) is 0 Å². The monoisotopic (exact) mass is 313 g/mol. The van der Waals surface area contributed by atoms with Gasteiger partial charge in [0.25, 0.3) is 6.23 Å². The highest BCUT2D eigenvalue weighted by molar-refractivity contribution is 6.30. The molecule has 0 saturated heterocycles. The van der Waals surface area contributed by atoms with Crippen LogP contribution in [-0.4, -0.2) is 20.5 Å². The summed E-state index contributed by atoms with van der Waals surface area (Å²) in [7, 11) is 0. The Labute approximate surface area is 132 Å². The number of nitrogens with zero attached hydrogens (tertiary/aromatic N) is 3. The van der Waals surface area contributed by atoms with Gasteiger partial charge < -0.3 is 4.74 Å². The number of halogens is 1. The third-order valence-corrected chi connectivity index (χ3v) is 3.27. The number of carbonyl (C=O) groups excluding carboxylic acids is 1. The summed E-state index contributed by atoms with van der Waals surface area (Å²) >= 11 is 5.86. The largest absolute Gasteiger partial charge is 0.461 e. The van der Waals surface area contributed by atoms with Crippen molar-refractivity contribution in [3.05, 3.63) is 77.8 Å². The van der Waals surface area contributed by atoms with Crippen molar-refractivity contribution < 1.29 is 9.53 Å². The normalized spacial score (nSPS) is 11.9. The lowest BCUT2D eigenvalue weighted by Crippen LogP contribution is -2.25. The first-order chi connectivity index (χ1) is 10.7. The second-order valence-electron chi connectivity index (χ2n) is 4.53. The summed E-state index contributed by atoms with van der Waals surface area (Å²) in [6.45, 7) is 0. The van der Waals surface area contributed by atoms with Gasteiger partial charge >= 0.3 is 0 Å². The van der Waals surface area contributed by atoms with Gasteiger partial charge in [-0.3, -0.25) is 4.79 Å². The molecule has 110 valence electrons. The molecule has 0 bridgehead atoms. The summed E-state index contributed by atoms with van der Waals surface area (Å²) in [5, 5.41) is 4.61. The SMILES string of the molecule is O=C(c1ccccc1)C(Oc1ccc(Cl)cc1)n1cncn1. The molecule has 1 atom stereocenters. The lowest BCUT2D eigenvalue weighted by molar-refractivity contribution is 0.0619. The van der Waals surface area contributed by atoms with E-state index in [1.54, 1.807) is 48.5 Å². The van der Waals surface area contributed by atoms with Crippen molar-refractivity contribution in [1.82, 2.24) is 14.8 Å². The van der Waals surface area contributed by atoms with Gasteiger partial charge in [-0.2, -0.15) is 5.10 Å². The molecule has 3 rings (SSSR count). The maximum atomic E-state index is 12.7. The van der Waals surface area contributed by atoms with Crippen molar-refractivity contribution in [3.63, 3.8) is 0 Å². The predicted octanol–water partition coefficient (Wildman–Crippen LogP) is 3.39. The van der Waals surface area contributed by atoms with E-state index >= 15 is 0 Å². The fraction of sp³-hybridized carbons (Fsp3) is 0.0625. The van der Waals surface area contributed by atoms with Crippen molar-refractivity contribution in [1.29, 1.82) is 0 Å². The van der Waals surface area contributed by atoms with Crippen LogP contribution in [0.15, 0.2) is 67.3 Å². The highest BCUT2D eigenvalue weighted by Crippen LogP contribution is 2.22. The fourth-order valence-electron chi connectivity index (χ4n) is 1.95. The van der Waals surface area contributed by atoms with Crippen LogP contribution in [0.25, 0.3) is 0 Å². The molecule has 5 nitrogen and oxygen atoms in total. The minimum Gasteiger partial charge on any atom is -0.461 e. The van der Waals surface area contributed by atoms with Gasteiger partial charge in [-0.1, -0.05) is 41.9 Å². The van der Waals surface area contributed by atoms with Gasteiger partial charge in [0.15, 0.2) is 0 Å². The van der Waals surface area contributed by atoms with Crippen molar-refractivity contribution >= 4 is 17.4 Å². The van der Waals surface area contributed by atoms with Crippen LogP contribution in [0.5, 0.6) is 5.75 Å². The van der Waals surface area contributed by atoms with Crippen LogP contribution in [0.1, 0.15) is 16.6 Å². The van der Waals surface area contributed by atoms with E-state index in [0.717, 1.165) is 0 Å². The van der Waals surface area contributed by atoms with Gasteiger partial charge in [0.2, 0.25) is 5.78 Å². The first-order valence-corrected chi connectivity index (χ1v) is 6.97. The van der Waals surface area contributed by atoms with Crippen LogP contribution in [0, 0.1) is 0 Å². The zero-order chi connectivity index (χ0) is 15.4. The lowest BCUT2D eigenvalue weighted by Gasteiger charge is -2.18. The van der Waals surface area contributed by atoms with E-state index in [9.17, 15) is 4.79 Å². The molecule has 0 N–H and O–H groups in total. The van der Waals surface area contributed by atoms with Crippen molar-refractivity contribution in [3.8, 4) is 5.75 Å². The smallest absolute Gasteiger partial charge is 0.256 e. The summed E-state index contributed by atoms with van der Waals surface area (Å²) in [5.74, 6) is 0.315. The van der Waals surface area contributed by atoms with Crippen LogP contribution in [0.4, 0.5) is 0 Å². The molecule has 1 unspecified atom stereocenters. The highest BCUT2D eigenvalue weighted by atomic mass is 35.5. The Morgan fingerprint density at radius 3 is 2.45 bits per heavy atom. The summed E-state index contributed by atoms with van der Waals surface area (Å²) < 4.78 is 7.16. The van der Waals surface area contributed by atoms with E-state index < -0.39 is 6.23 Å². The van der Waals surface area contributed by atoms with Crippen LogP contribution in [0.3, 0.4) is 0 Å². The molecule has 0 fully saturated rings. The van der Waals surface area contributed by atoms with Crippen LogP contribution in [0.2, 0.25) is 5.02 Å². The molecule has 0 spiro atoms. The molecule has 0 amide bonds. The molecule has 3 aromatic rings. The average Bonchev–Trinajstić information content (AvgIpc) is 3.09. The maximum absolute atomic E-state index is 12.7. The molecule has 1 aromatic heterocycles. The molecule has 0 aliphatic heterocycles. The maximum Gasteiger partial charge on any atom is 0.256 e. The van der Waals surface area contributed by atoms with E-state index in [0.29, 0.717) is 16.3 Å². The second-order valence-corrected chi connectivity index (χ2v) is 4.97. The summed E-state index contributed by atoms with van der Waals surface area (Å²) in [4.78, 5) is 16.5. The number of aromatic nitrogens is 3. The second kappa shape index (κ2) is 6.41. The Kier molecular flexibility index (Phi) is 4.16. The van der Waals surface area contributed by atoms with Crippen LogP contribution >= 0.6 is 11.6 Å². The Hall–Kier alpha value is -2.66. The highest BCUT2D eigenvalue weighted by Gasteiger charge is 2.24. The van der Waals surface area contributed by atoms with E-state index in [1.165, 1.54) is 17.3 Å². The first-order valence-electron chi connectivity index (χ1n) is 6.59. The zero-order valence-electron chi connectivity index (χ0n) is 11.5. The minimum atomic E-state index is -0.925. The molecule has 2 aromatic carbocycles. The van der Waals surface area contributed by atoms with Gasteiger partial charge in [-0.15, -0.1) is 0 Å². The van der Waals surface area contributed by atoms with Crippen molar-refractivity contribution in [2.45, 2.75) is 6.23 Å². The Bertz CT molecular complexity index is 743. The number of hydrogen-bond donors (Lipinski definition) is 0. The average molecular weight is 314 g/mol. The van der Waals surface area contributed by atoms with Gasteiger partial charge in [0, 0.05) is 10.6 Å². The number of ether oxygens (including phenoxy) is 1. The van der Waals surface area contributed by atoms with Crippen LogP contribution in [-0.2, 0) is 0 Å². The number of benzene rings is 2. The minimum absolute atomic E-state index is 0.207. The molecule has 0 aliphatic carbocycles. The topological polar surface area (TPSA) is 57.0 Å². The molecule has 22 heavy (non-hydrogen) atoms. The molecule has 0 radical (unpaired) electrons. The number of carbonyl (C=O) groups is 1. The third-order valence-electron chi connectivity index (χ3n) is 3.02. The standard InChI is InChI=1S/C16H12ClN3O2/c17-13-6-8-14(9-7-13)22-16(20-11-18-10-19-20)15(21)12-4-2-1-3-5-12/h1-11,16H. The summed E-state index contributed by atoms with van der Waals surface area (Å²) in [6, 6.07) is 15.7. The molecule has 6 heteroatoms. The third kappa shape index (κ3) is 3.15.